The average Bonchev–Trinajstić information content (AvgIpc) is 3.38. The lowest BCUT2D eigenvalue weighted by Gasteiger charge is -2.34. The summed E-state index contributed by atoms with van der Waals surface area (Å²) in [6.45, 7) is 5.54. The van der Waals surface area contributed by atoms with Gasteiger partial charge in [0.05, 0.1) is 28.8 Å². The van der Waals surface area contributed by atoms with Gasteiger partial charge >= 0.3 is 5.97 Å². The molecule has 1 aliphatic rings. The third-order valence-corrected chi connectivity index (χ3v) is 8.25. The molecule has 1 fully saturated rings. The lowest BCUT2D eigenvalue weighted by atomic mass is 10.2. The van der Waals surface area contributed by atoms with Crippen LogP contribution in [-0.4, -0.2) is 76.8 Å². The molecule has 3 heterocycles. The Kier molecular flexibility index (Phi) is 7.83. The van der Waals surface area contributed by atoms with E-state index in [4.69, 9.17) is 16.3 Å². The van der Waals surface area contributed by atoms with Crippen LogP contribution in [0.15, 0.2) is 18.2 Å². The normalized spacial score (nSPS) is 14.1. The van der Waals surface area contributed by atoms with Gasteiger partial charge in [-0.3, -0.25) is 24.6 Å². The van der Waals surface area contributed by atoms with Crippen LogP contribution in [0, 0.1) is 17.0 Å². The van der Waals surface area contributed by atoms with E-state index in [1.54, 1.807) is 24.8 Å². The van der Waals surface area contributed by atoms with Crippen molar-refractivity contribution < 1.29 is 24.0 Å². The van der Waals surface area contributed by atoms with Gasteiger partial charge in [-0.15, -0.1) is 11.3 Å². The van der Waals surface area contributed by atoms with Crippen molar-refractivity contribution in [1.82, 2.24) is 14.8 Å². The fourth-order valence-corrected chi connectivity index (χ4v) is 6.14. The Hall–Kier alpha value is -3.13. The summed E-state index contributed by atoms with van der Waals surface area (Å²) < 4.78 is 5.57. The topological polar surface area (TPSA) is 135 Å². The molecule has 1 aromatic carbocycles. The molecule has 0 unspecified atom stereocenters. The average molecular weight is 552 g/mol. The summed E-state index contributed by atoms with van der Waals surface area (Å²) >= 11 is 8.62. The van der Waals surface area contributed by atoms with Gasteiger partial charge in [-0.25, -0.2) is 9.78 Å². The van der Waals surface area contributed by atoms with E-state index in [9.17, 15) is 24.5 Å². The number of non-ortho nitro benzene ring substituents is 1. The van der Waals surface area contributed by atoms with Crippen molar-refractivity contribution in [2.45, 2.75) is 13.8 Å². The van der Waals surface area contributed by atoms with Crippen molar-refractivity contribution >= 4 is 73.0 Å². The number of esters is 1. The molecule has 0 aliphatic carbocycles. The molecule has 1 aliphatic heterocycles. The lowest BCUT2D eigenvalue weighted by Crippen LogP contribution is -2.50. The maximum Gasteiger partial charge on any atom is 0.350 e. The Labute approximate surface area is 218 Å². The van der Waals surface area contributed by atoms with E-state index in [0.717, 1.165) is 22.7 Å². The van der Waals surface area contributed by atoms with Crippen molar-refractivity contribution in [1.29, 1.82) is 0 Å². The largest absolute Gasteiger partial charge is 0.462 e. The number of ether oxygens (including phenoxy) is 1. The highest BCUT2D eigenvalue weighted by Crippen LogP contribution is 2.38. The first kappa shape index (κ1) is 25.9. The van der Waals surface area contributed by atoms with Crippen LogP contribution in [0.2, 0.25) is 5.02 Å². The third-order valence-electron chi connectivity index (χ3n) is 5.55. The van der Waals surface area contributed by atoms with Crippen LogP contribution in [0.3, 0.4) is 0 Å². The number of thiazole rings is 1. The second-order valence-electron chi connectivity index (χ2n) is 7.95. The minimum Gasteiger partial charge on any atom is -0.462 e. The van der Waals surface area contributed by atoms with Crippen LogP contribution in [0.1, 0.15) is 32.0 Å². The van der Waals surface area contributed by atoms with E-state index >= 15 is 0 Å². The van der Waals surface area contributed by atoms with E-state index in [-0.39, 0.29) is 35.7 Å². The summed E-state index contributed by atoms with van der Waals surface area (Å²) in [5.41, 5.74) is 0.437. The Balaban J connectivity index is 1.33. The molecule has 2 aromatic heterocycles. The van der Waals surface area contributed by atoms with Crippen LogP contribution in [0.5, 0.6) is 0 Å². The third kappa shape index (κ3) is 5.48. The van der Waals surface area contributed by atoms with Crippen LogP contribution < -0.4 is 5.32 Å². The number of benzene rings is 1. The van der Waals surface area contributed by atoms with Gasteiger partial charge in [-0.05, 0) is 19.9 Å². The Bertz CT molecular complexity index is 1350. The van der Waals surface area contributed by atoms with E-state index in [1.807, 2.05) is 4.90 Å². The number of hydrogen-bond acceptors (Lipinski definition) is 10. The van der Waals surface area contributed by atoms with Gasteiger partial charge in [0.15, 0.2) is 5.13 Å². The number of hydrogen-bond donors (Lipinski definition) is 1. The fraction of sp³-hybridized carbons (Fsp3) is 0.364. The number of thiophene rings is 1. The van der Waals surface area contributed by atoms with Crippen molar-refractivity contribution in [3.8, 4) is 0 Å². The van der Waals surface area contributed by atoms with Crippen LogP contribution in [0.4, 0.5) is 10.8 Å². The maximum atomic E-state index is 13.1. The summed E-state index contributed by atoms with van der Waals surface area (Å²) in [5.74, 6) is -0.975. The molecule has 190 valence electrons. The minimum atomic E-state index is -0.487. The minimum absolute atomic E-state index is 0.0590. The smallest absolute Gasteiger partial charge is 0.350 e. The molecule has 1 saturated heterocycles. The SMILES string of the molecule is CCOC(=O)c1sc(NC(=O)CN2CCN(C(=O)c3sc4cc([N+](=O)[O-])ccc4c3Cl)CC2)nc1C. The summed E-state index contributed by atoms with van der Waals surface area (Å²) in [7, 11) is 0. The van der Waals surface area contributed by atoms with Gasteiger partial charge in [0.25, 0.3) is 11.6 Å². The van der Waals surface area contributed by atoms with Gasteiger partial charge in [0.1, 0.15) is 9.75 Å². The van der Waals surface area contributed by atoms with Gasteiger partial charge in [-0.2, -0.15) is 0 Å². The zero-order chi connectivity index (χ0) is 26.0. The number of anilines is 1. The molecule has 0 radical (unpaired) electrons. The summed E-state index contributed by atoms with van der Waals surface area (Å²) in [5, 5.41) is 15.0. The van der Waals surface area contributed by atoms with E-state index in [2.05, 4.69) is 10.3 Å². The molecule has 0 saturated carbocycles. The number of piperazine rings is 1. The predicted molar refractivity (Wildman–Crippen MR) is 137 cm³/mol. The molecule has 0 bridgehead atoms. The molecule has 14 heteroatoms. The van der Waals surface area contributed by atoms with Gasteiger partial charge in [0.2, 0.25) is 5.91 Å². The number of aromatic nitrogens is 1. The first-order valence-electron chi connectivity index (χ1n) is 11.0. The van der Waals surface area contributed by atoms with Crippen LogP contribution in [-0.2, 0) is 9.53 Å². The number of carbonyl (C=O) groups excluding carboxylic acids is 3. The standard InChI is InChI=1S/C22H22ClN5O6S2/c1-3-34-21(31)18-12(2)24-22(36-18)25-16(29)11-26-6-8-27(9-7-26)20(30)19-17(23)14-5-4-13(28(32)33)10-15(14)35-19/h4-5,10H,3,6-9,11H2,1-2H3,(H,24,25,29). The highest BCUT2D eigenvalue weighted by Gasteiger charge is 2.27. The highest BCUT2D eigenvalue weighted by atomic mass is 35.5. The zero-order valence-corrected chi connectivity index (χ0v) is 21.8. The van der Waals surface area contributed by atoms with Crippen molar-refractivity contribution in [2.75, 3.05) is 44.6 Å². The lowest BCUT2D eigenvalue weighted by molar-refractivity contribution is -0.384. The summed E-state index contributed by atoms with van der Waals surface area (Å²) in [6.07, 6.45) is 0. The van der Waals surface area contributed by atoms with E-state index in [0.29, 0.717) is 56.8 Å². The van der Waals surface area contributed by atoms with E-state index < -0.39 is 10.9 Å². The van der Waals surface area contributed by atoms with Gasteiger partial charge in [0, 0.05) is 48.4 Å². The maximum absolute atomic E-state index is 13.1. The number of nitrogens with one attached hydrogen (secondary N) is 1. The first-order chi connectivity index (χ1) is 17.2. The fourth-order valence-electron chi connectivity index (χ4n) is 3.76. The molecule has 1 N–H and O–H groups in total. The van der Waals surface area contributed by atoms with Crippen molar-refractivity contribution in [3.05, 3.63) is 48.8 Å². The molecule has 0 atom stereocenters. The summed E-state index contributed by atoms with van der Waals surface area (Å²) in [4.78, 5) is 56.6. The van der Waals surface area contributed by atoms with Gasteiger partial charge < -0.3 is 15.0 Å². The number of rotatable bonds is 7. The first-order valence-corrected chi connectivity index (χ1v) is 13.0. The molecule has 36 heavy (non-hydrogen) atoms. The number of amides is 2. The molecular formula is C22H22ClN5O6S2. The number of carbonyl (C=O) groups is 3. The van der Waals surface area contributed by atoms with Crippen LogP contribution in [0.25, 0.3) is 10.1 Å². The number of aryl methyl sites for hydroxylation is 1. The Morgan fingerprint density at radius 2 is 1.92 bits per heavy atom. The molecule has 3 aromatic rings. The molecular weight excluding hydrogens is 530 g/mol. The monoisotopic (exact) mass is 551 g/mol. The second-order valence-corrected chi connectivity index (χ2v) is 10.4. The number of nitro groups is 1. The highest BCUT2D eigenvalue weighted by molar-refractivity contribution is 7.21. The molecule has 2 amide bonds. The molecule has 11 nitrogen and oxygen atoms in total. The van der Waals surface area contributed by atoms with Gasteiger partial charge in [-0.1, -0.05) is 22.9 Å². The molecule has 0 spiro atoms. The number of halogens is 1. The number of nitrogens with zero attached hydrogens (tertiary/aromatic N) is 4. The van der Waals surface area contributed by atoms with E-state index in [1.165, 1.54) is 12.1 Å². The Morgan fingerprint density at radius 3 is 2.58 bits per heavy atom. The molecule has 4 rings (SSSR count). The van der Waals surface area contributed by atoms with Crippen LogP contribution >= 0.6 is 34.3 Å². The second kappa shape index (κ2) is 10.9. The predicted octanol–water partition coefficient (Wildman–Crippen LogP) is 3.80. The van der Waals surface area contributed by atoms with Crippen molar-refractivity contribution in [2.24, 2.45) is 0 Å². The number of nitro benzene ring substituents is 1. The number of fused-ring (bicyclic) bond motifs is 1. The Morgan fingerprint density at radius 1 is 1.19 bits per heavy atom. The van der Waals surface area contributed by atoms with Crippen molar-refractivity contribution in [3.63, 3.8) is 0 Å². The quantitative estimate of drug-likeness (QED) is 0.266. The zero-order valence-electron chi connectivity index (χ0n) is 19.4. The summed E-state index contributed by atoms with van der Waals surface area (Å²) in [6, 6.07) is 4.34.